The highest BCUT2D eigenvalue weighted by Gasteiger charge is 2.39. The molecular weight excluding hydrogens is 660 g/mol. The average Bonchev–Trinajstić information content (AvgIpc) is 3.76. The molecule has 4 saturated heterocycles. The number of likely N-dealkylation sites (tertiary alicyclic amines) is 1. The van der Waals surface area contributed by atoms with Crippen LogP contribution in [0, 0.1) is 5.92 Å². The molecular formula is C38H46N10O4. The molecule has 14 heteroatoms. The van der Waals surface area contributed by atoms with E-state index < -0.39 is 11.9 Å². The maximum absolute atomic E-state index is 13.1. The molecule has 5 aliphatic heterocycles. The van der Waals surface area contributed by atoms with Gasteiger partial charge in [-0.2, -0.15) is 4.98 Å². The Morgan fingerprint density at radius 2 is 1.67 bits per heavy atom. The second kappa shape index (κ2) is 14.5. The third-order valence-electron chi connectivity index (χ3n) is 11.5. The molecule has 2 aromatic carbocycles. The molecule has 0 spiro atoms. The third kappa shape index (κ3) is 7.03. The first-order valence-corrected chi connectivity index (χ1v) is 18.7. The van der Waals surface area contributed by atoms with Crippen LogP contribution >= 0.6 is 0 Å². The molecule has 14 nitrogen and oxygen atoms in total. The van der Waals surface area contributed by atoms with Crippen molar-refractivity contribution in [1.82, 2.24) is 30.3 Å². The van der Waals surface area contributed by atoms with Gasteiger partial charge in [-0.15, -0.1) is 10.2 Å². The van der Waals surface area contributed by atoms with Crippen molar-refractivity contribution in [2.45, 2.75) is 69.9 Å². The molecule has 0 bridgehead atoms. The van der Waals surface area contributed by atoms with Crippen LogP contribution in [-0.2, 0) is 16.1 Å². The van der Waals surface area contributed by atoms with E-state index in [9.17, 15) is 19.2 Å². The first-order valence-electron chi connectivity index (χ1n) is 18.7. The van der Waals surface area contributed by atoms with Crippen LogP contribution < -0.4 is 26.2 Å². The fraction of sp³-hybridized carbons (Fsp3) is 0.500. The smallest absolute Gasteiger partial charge is 0.273 e. The highest BCUT2D eigenvalue weighted by Crippen LogP contribution is 2.34. The topological polar surface area (TPSA) is 170 Å². The predicted molar refractivity (Wildman–Crippen MR) is 195 cm³/mol. The Bertz CT molecular complexity index is 1850. The molecule has 4 fully saturated rings. The van der Waals surface area contributed by atoms with Crippen LogP contribution in [0.3, 0.4) is 0 Å². The van der Waals surface area contributed by atoms with Gasteiger partial charge in [0.1, 0.15) is 6.04 Å². The molecule has 1 aromatic heterocycles. The number of rotatable bonds is 9. The Hall–Kier alpha value is -5.11. The van der Waals surface area contributed by atoms with Crippen LogP contribution in [0.15, 0.2) is 42.5 Å². The van der Waals surface area contributed by atoms with E-state index in [1.54, 1.807) is 4.90 Å². The Labute approximate surface area is 303 Å². The zero-order valence-corrected chi connectivity index (χ0v) is 29.4. The number of aromatic nitrogens is 3. The van der Waals surface area contributed by atoms with Gasteiger partial charge in [-0.05, 0) is 111 Å². The number of nitrogens with zero attached hydrogens (tertiary/aromatic N) is 7. The summed E-state index contributed by atoms with van der Waals surface area (Å²) >= 11 is 0. The molecule has 0 saturated carbocycles. The molecule has 272 valence electrons. The summed E-state index contributed by atoms with van der Waals surface area (Å²) in [6.45, 7) is 7.31. The lowest BCUT2D eigenvalue weighted by Gasteiger charge is -2.34. The number of imide groups is 1. The summed E-state index contributed by atoms with van der Waals surface area (Å²) in [6, 6.07) is 13.8. The van der Waals surface area contributed by atoms with Gasteiger partial charge in [0.05, 0.1) is 0 Å². The Morgan fingerprint density at radius 1 is 0.885 bits per heavy atom. The largest absolute Gasteiger partial charge is 0.371 e. The molecule has 4 N–H and O–H groups in total. The number of anilines is 4. The van der Waals surface area contributed by atoms with Gasteiger partial charge in [-0.1, -0.05) is 12.1 Å². The number of nitrogens with two attached hydrogens (primary N) is 1. The molecule has 0 radical (unpaired) electrons. The van der Waals surface area contributed by atoms with Gasteiger partial charge in [0, 0.05) is 62.6 Å². The Balaban J connectivity index is 0.824. The summed E-state index contributed by atoms with van der Waals surface area (Å²) < 4.78 is 0. The summed E-state index contributed by atoms with van der Waals surface area (Å²) in [4.78, 5) is 62.6. The van der Waals surface area contributed by atoms with Gasteiger partial charge in [0.25, 0.3) is 11.8 Å². The number of primary amides is 1. The van der Waals surface area contributed by atoms with Crippen LogP contribution in [0.2, 0.25) is 0 Å². The molecule has 6 heterocycles. The minimum absolute atomic E-state index is 0.0322. The number of carbonyl (C=O) groups excluding carboxylic acids is 4. The van der Waals surface area contributed by atoms with Crippen LogP contribution in [0.5, 0.6) is 0 Å². The first kappa shape index (κ1) is 34.0. The van der Waals surface area contributed by atoms with Gasteiger partial charge in [-0.3, -0.25) is 24.5 Å². The lowest BCUT2D eigenvalue weighted by atomic mass is 9.89. The Morgan fingerprint density at radius 3 is 2.42 bits per heavy atom. The van der Waals surface area contributed by atoms with Crippen molar-refractivity contribution in [3.8, 4) is 0 Å². The van der Waals surface area contributed by atoms with Crippen LogP contribution in [0.1, 0.15) is 89.3 Å². The number of amides is 4. The predicted octanol–water partition coefficient (Wildman–Crippen LogP) is 3.17. The van der Waals surface area contributed by atoms with Crippen LogP contribution in [0.25, 0.3) is 0 Å². The quantitative estimate of drug-likeness (QED) is 0.280. The summed E-state index contributed by atoms with van der Waals surface area (Å²) in [5.74, 6) is 0.464. The van der Waals surface area contributed by atoms with Crippen molar-refractivity contribution >= 4 is 46.8 Å². The van der Waals surface area contributed by atoms with E-state index in [0.29, 0.717) is 42.1 Å². The van der Waals surface area contributed by atoms with E-state index in [1.807, 2.05) is 24.3 Å². The second-order valence-electron chi connectivity index (χ2n) is 14.9. The van der Waals surface area contributed by atoms with E-state index in [2.05, 4.69) is 58.7 Å². The molecule has 2 unspecified atom stereocenters. The number of nitrogens with one attached hydrogen (secondary N) is 2. The molecule has 8 rings (SSSR count). The SMILES string of the molecule is NC(=O)c1nnc(N2CCCCC2)nc1Nc1ccc(C2CCN(CC3CCN(c4ccc5c(c4)CN(C4CCC(=O)NC4=O)C5=O)C3)CC2)cc1. The summed E-state index contributed by atoms with van der Waals surface area (Å²) in [7, 11) is 0. The standard InChI is InChI=1S/C38H46N10O4/c39-34(50)33-35(42-38(44-43-33)46-15-2-1-3-16-46)40-28-6-4-25(5-7-28)26-13-17-45(18-14-26)21-24-12-19-47(22-24)29-8-9-30-27(20-29)23-48(37(30)52)31-10-11-32(49)41-36(31)51/h4-9,20,24,26,31H,1-3,10-19,21-23H2,(H2,39,50)(H,40,42,44)(H,41,49,51). The van der Waals surface area contributed by atoms with Crippen molar-refractivity contribution < 1.29 is 19.2 Å². The van der Waals surface area contributed by atoms with Gasteiger partial charge >= 0.3 is 0 Å². The van der Waals surface area contributed by atoms with Crippen molar-refractivity contribution in [2.24, 2.45) is 11.7 Å². The molecule has 4 amide bonds. The van der Waals surface area contributed by atoms with Crippen LogP contribution in [-0.4, -0.2) is 100 Å². The van der Waals surface area contributed by atoms with E-state index in [0.717, 1.165) is 94.9 Å². The van der Waals surface area contributed by atoms with E-state index in [4.69, 9.17) is 5.73 Å². The summed E-state index contributed by atoms with van der Waals surface area (Å²) in [5.41, 5.74) is 10.5. The van der Waals surface area contributed by atoms with Crippen molar-refractivity contribution in [2.75, 3.05) is 60.9 Å². The molecule has 3 aromatic rings. The van der Waals surface area contributed by atoms with Crippen molar-refractivity contribution in [3.63, 3.8) is 0 Å². The third-order valence-corrected chi connectivity index (χ3v) is 11.5. The van der Waals surface area contributed by atoms with E-state index >= 15 is 0 Å². The van der Waals surface area contributed by atoms with Crippen LogP contribution in [0.4, 0.5) is 23.1 Å². The van der Waals surface area contributed by atoms with E-state index in [-0.39, 0.29) is 29.8 Å². The highest BCUT2D eigenvalue weighted by molar-refractivity contribution is 6.05. The number of hydrogen-bond acceptors (Lipinski definition) is 11. The zero-order chi connectivity index (χ0) is 35.8. The number of carbonyl (C=O) groups is 4. The summed E-state index contributed by atoms with van der Waals surface area (Å²) in [5, 5.41) is 13.9. The lowest BCUT2D eigenvalue weighted by molar-refractivity contribution is -0.136. The number of piperidine rings is 3. The van der Waals surface area contributed by atoms with Crippen molar-refractivity contribution in [1.29, 1.82) is 0 Å². The fourth-order valence-corrected chi connectivity index (χ4v) is 8.56. The van der Waals surface area contributed by atoms with Gasteiger partial charge in [0.15, 0.2) is 11.5 Å². The molecule has 52 heavy (non-hydrogen) atoms. The molecule has 0 aliphatic carbocycles. The maximum Gasteiger partial charge on any atom is 0.273 e. The highest BCUT2D eigenvalue weighted by atomic mass is 16.2. The lowest BCUT2D eigenvalue weighted by Crippen LogP contribution is -2.52. The Kier molecular flexibility index (Phi) is 9.47. The first-order chi connectivity index (χ1) is 25.3. The van der Waals surface area contributed by atoms with Gasteiger partial charge in [0.2, 0.25) is 17.8 Å². The average molecular weight is 707 g/mol. The second-order valence-corrected chi connectivity index (χ2v) is 14.9. The monoisotopic (exact) mass is 706 g/mol. The number of benzene rings is 2. The minimum atomic E-state index is -0.664. The minimum Gasteiger partial charge on any atom is -0.371 e. The molecule has 5 aliphatic rings. The van der Waals surface area contributed by atoms with Crippen molar-refractivity contribution in [3.05, 3.63) is 64.8 Å². The maximum atomic E-state index is 13.1. The fourth-order valence-electron chi connectivity index (χ4n) is 8.56. The number of hydrogen-bond donors (Lipinski definition) is 3. The molecule has 2 atom stereocenters. The van der Waals surface area contributed by atoms with E-state index in [1.165, 1.54) is 12.0 Å². The van der Waals surface area contributed by atoms with Gasteiger partial charge < -0.3 is 30.7 Å². The number of fused-ring (bicyclic) bond motifs is 1. The normalized spacial score (nSPS) is 22.8. The van der Waals surface area contributed by atoms with Gasteiger partial charge in [-0.25, -0.2) is 0 Å². The zero-order valence-electron chi connectivity index (χ0n) is 29.4. The summed E-state index contributed by atoms with van der Waals surface area (Å²) in [6.07, 6.45) is 7.33.